The molecule has 0 aliphatic rings. The molecule has 0 aliphatic heterocycles. The van der Waals surface area contributed by atoms with Crippen molar-refractivity contribution >= 4 is 18.8 Å². The normalized spacial score (nSPS) is 12.5. The highest BCUT2D eigenvalue weighted by molar-refractivity contribution is 5.79. The van der Waals surface area contributed by atoms with E-state index in [0.29, 0.717) is 12.1 Å². The second-order valence-corrected chi connectivity index (χ2v) is 2.51. The first-order chi connectivity index (χ1) is 7.24. The summed E-state index contributed by atoms with van der Waals surface area (Å²) < 4.78 is 0. The van der Waals surface area contributed by atoms with Crippen LogP contribution in [0.5, 0.6) is 0 Å². The molecule has 2 N–H and O–H groups in total. The van der Waals surface area contributed by atoms with Gasteiger partial charge in [-0.2, -0.15) is 0 Å². The van der Waals surface area contributed by atoms with Crippen molar-refractivity contribution in [3.63, 3.8) is 0 Å². The summed E-state index contributed by atoms with van der Waals surface area (Å²) >= 11 is 0. The Hall–Kier alpha value is -1.71. The molecule has 84 valence electrons. The summed E-state index contributed by atoms with van der Waals surface area (Å²) in [6.45, 7) is 9.89. The second kappa shape index (κ2) is 12.3. The van der Waals surface area contributed by atoms with Crippen molar-refractivity contribution in [3.8, 4) is 0 Å². The number of carbonyl (C=O) groups excluding carboxylic acids is 1. The van der Waals surface area contributed by atoms with Crippen LogP contribution in [0.3, 0.4) is 0 Å². The largest absolute Gasteiger partial charge is 0.328 e. The molecule has 0 aromatic carbocycles. The van der Waals surface area contributed by atoms with Gasteiger partial charge in [-0.1, -0.05) is 6.92 Å². The van der Waals surface area contributed by atoms with Gasteiger partial charge in [-0.3, -0.25) is 9.79 Å². The van der Waals surface area contributed by atoms with E-state index in [2.05, 4.69) is 23.5 Å². The average Bonchev–Trinajstić information content (AvgIpc) is 2.28. The zero-order valence-electron chi connectivity index (χ0n) is 9.36. The first-order valence-electron chi connectivity index (χ1n) is 4.68. The highest BCUT2D eigenvalue weighted by Gasteiger charge is 1.95. The number of carbonyl (C=O) groups is 1. The lowest BCUT2D eigenvalue weighted by Gasteiger charge is -2.01. The maximum Gasteiger partial charge on any atom is 0.211 e. The van der Waals surface area contributed by atoms with Gasteiger partial charge < -0.3 is 10.7 Å². The first-order valence-corrected chi connectivity index (χ1v) is 4.68. The predicted molar refractivity (Wildman–Crippen MR) is 65.6 cm³/mol. The fourth-order valence-corrected chi connectivity index (χ4v) is 0.781. The minimum Gasteiger partial charge on any atom is -0.328 e. The van der Waals surface area contributed by atoms with Crippen LogP contribution in [0.4, 0.5) is 0 Å². The Morgan fingerprint density at radius 2 is 2.20 bits per heavy atom. The molecule has 0 bridgehead atoms. The number of aliphatic imine (C=N–C) groups is 1. The Morgan fingerprint density at radius 1 is 1.60 bits per heavy atom. The molecule has 0 aromatic rings. The summed E-state index contributed by atoms with van der Waals surface area (Å²) in [4.78, 5) is 14.2. The molecule has 15 heavy (non-hydrogen) atoms. The van der Waals surface area contributed by atoms with Gasteiger partial charge in [0.25, 0.3) is 0 Å². The van der Waals surface area contributed by atoms with Gasteiger partial charge in [0, 0.05) is 6.21 Å². The van der Waals surface area contributed by atoms with Crippen LogP contribution in [0.15, 0.2) is 29.9 Å². The maximum atomic E-state index is 10.1. The molecule has 4 heteroatoms. The number of amides is 1. The van der Waals surface area contributed by atoms with Gasteiger partial charge >= 0.3 is 0 Å². The number of hydrogen-bond donors (Lipinski definition) is 2. The third-order valence-electron chi connectivity index (χ3n) is 1.32. The van der Waals surface area contributed by atoms with Crippen LogP contribution in [-0.4, -0.2) is 24.9 Å². The molecule has 1 unspecified atom stereocenters. The molecule has 4 nitrogen and oxygen atoms in total. The molecule has 0 saturated heterocycles. The summed E-state index contributed by atoms with van der Waals surface area (Å²) in [7, 11) is 0. The van der Waals surface area contributed by atoms with Crippen LogP contribution in [0, 0.1) is 5.41 Å². The van der Waals surface area contributed by atoms with Crippen molar-refractivity contribution in [2.45, 2.75) is 26.3 Å². The zero-order valence-corrected chi connectivity index (χ0v) is 9.36. The van der Waals surface area contributed by atoms with Crippen molar-refractivity contribution in [2.24, 2.45) is 4.99 Å². The fourth-order valence-electron chi connectivity index (χ4n) is 0.781. The first kappa shape index (κ1) is 15.7. The SMILES string of the molecule is C=C.CCC=NC(C)/C=C(\C=N)NC=O. The Bertz CT molecular complexity index is 234. The Kier molecular flexibility index (Phi) is 12.9. The van der Waals surface area contributed by atoms with Crippen LogP contribution in [0.1, 0.15) is 20.3 Å². The van der Waals surface area contributed by atoms with Crippen molar-refractivity contribution in [2.75, 3.05) is 0 Å². The molecule has 0 radical (unpaired) electrons. The summed E-state index contributed by atoms with van der Waals surface area (Å²) in [5.41, 5.74) is 0.468. The topological polar surface area (TPSA) is 65.3 Å². The summed E-state index contributed by atoms with van der Waals surface area (Å²) in [5, 5.41) is 9.37. The Morgan fingerprint density at radius 3 is 2.60 bits per heavy atom. The van der Waals surface area contributed by atoms with Gasteiger partial charge in [-0.15, -0.1) is 13.2 Å². The van der Waals surface area contributed by atoms with Crippen LogP contribution in [0.25, 0.3) is 0 Å². The monoisotopic (exact) mass is 209 g/mol. The third kappa shape index (κ3) is 10.2. The van der Waals surface area contributed by atoms with Crippen LogP contribution < -0.4 is 5.32 Å². The van der Waals surface area contributed by atoms with E-state index in [1.54, 1.807) is 6.08 Å². The second-order valence-electron chi connectivity index (χ2n) is 2.51. The van der Waals surface area contributed by atoms with Crippen LogP contribution in [0.2, 0.25) is 0 Å². The van der Waals surface area contributed by atoms with E-state index in [9.17, 15) is 4.79 Å². The van der Waals surface area contributed by atoms with Gasteiger partial charge in [-0.05, 0) is 25.6 Å². The molecule has 0 aromatic heterocycles. The van der Waals surface area contributed by atoms with Gasteiger partial charge in [-0.25, -0.2) is 0 Å². The molecule has 0 spiro atoms. The average molecular weight is 209 g/mol. The van der Waals surface area contributed by atoms with E-state index in [1.165, 1.54) is 0 Å². The van der Waals surface area contributed by atoms with Crippen LogP contribution in [-0.2, 0) is 4.79 Å². The van der Waals surface area contributed by atoms with Crippen molar-refractivity contribution in [1.29, 1.82) is 5.41 Å². The van der Waals surface area contributed by atoms with E-state index in [4.69, 9.17) is 5.41 Å². The summed E-state index contributed by atoms with van der Waals surface area (Å²) in [6.07, 6.45) is 6.05. The van der Waals surface area contributed by atoms with E-state index in [-0.39, 0.29) is 6.04 Å². The lowest BCUT2D eigenvalue weighted by molar-refractivity contribution is -0.108. The number of nitrogens with zero attached hydrogens (tertiary/aromatic N) is 1. The lowest BCUT2D eigenvalue weighted by atomic mass is 10.3. The summed E-state index contributed by atoms with van der Waals surface area (Å²) in [5.74, 6) is 0. The highest BCUT2D eigenvalue weighted by atomic mass is 16.1. The molecule has 0 heterocycles. The molecule has 1 amide bonds. The lowest BCUT2D eigenvalue weighted by Crippen LogP contribution is -2.13. The van der Waals surface area contributed by atoms with E-state index in [1.807, 2.05) is 20.1 Å². The molecule has 0 aliphatic carbocycles. The predicted octanol–water partition coefficient (Wildman–Crippen LogP) is 1.94. The zero-order chi connectivity index (χ0) is 12.1. The number of hydrogen-bond acceptors (Lipinski definition) is 3. The van der Waals surface area contributed by atoms with Gasteiger partial charge in [0.2, 0.25) is 6.41 Å². The molecule has 0 saturated carbocycles. The van der Waals surface area contributed by atoms with Gasteiger partial charge in [0.15, 0.2) is 0 Å². The smallest absolute Gasteiger partial charge is 0.211 e. The molecular weight excluding hydrogens is 190 g/mol. The number of nitrogens with one attached hydrogen (secondary N) is 2. The quantitative estimate of drug-likeness (QED) is 0.392. The molecular formula is C11H19N3O. The van der Waals surface area contributed by atoms with Gasteiger partial charge in [0.1, 0.15) is 0 Å². The van der Waals surface area contributed by atoms with Crippen LogP contribution >= 0.6 is 0 Å². The van der Waals surface area contributed by atoms with E-state index >= 15 is 0 Å². The minimum absolute atomic E-state index is 0.0102. The maximum absolute atomic E-state index is 10.1. The fraction of sp³-hybridized carbons (Fsp3) is 0.364. The van der Waals surface area contributed by atoms with Gasteiger partial charge in [0.05, 0.1) is 11.7 Å². The molecule has 0 fully saturated rings. The molecule has 1 atom stereocenters. The Balaban J connectivity index is 0. The highest BCUT2D eigenvalue weighted by Crippen LogP contribution is 1.94. The Labute approximate surface area is 91.3 Å². The number of allylic oxidation sites excluding steroid dienone is 1. The van der Waals surface area contributed by atoms with E-state index in [0.717, 1.165) is 12.6 Å². The van der Waals surface area contributed by atoms with E-state index < -0.39 is 0 Å². The third-order valence-corrected chi connectivity index (χ3v) is 1.32. The van der Waals surface area contributed by atoms with Crippen molar-refractivity contribution in [1.82, 2.24) is 5.32 Å². The van der Waals surface area contributed by atoms with Crippen molar-refractivity contribution < 1.29 is 4.79 Å². The summed E-state index contributed by atoms with van der Waals surface area (Å²) in [6, 6.07) is -0.0102. The molecule has 0 rings (SSSR count). The number of rotatable bonds is 6. The van der Waals surface area contributed by atoms with Crippen molar-refractivity contribution in [3.05, 3.63) is 24.9 Å². The minimum atomic E-state index is -0.0102. The standard InChI is InChI=1S/C9H15N3O.C2H4/c1-3-4-11-8(2)5-9(6-10)12-7-13;1-2/h4-8,10H,3H2,1-2H3,(H,12,13);1-2H2/b9-5+,10-6?,11-4?;.